The maximum Gasteiger partial charge on any atom is 0.194 e. The first-order chi connectivity index (χ1) is 16.7. The second kappa shape index (κ2) is 10.9. The molecular formula is C22H22BrF3N4O4S. The number of aliphatic hydroxyl groups is 2. The van der Waals surface area contributed by atoms with E-state index in [0.29, 0.717) is 0 Å². The van der Waals surface area contributed by atoms with Crippen LogP contribution in [-0.4, -0.2) is 66.6 Å². The molecule has 0 aliphatic carbocycles. The molecule has 13 heteroatoms. The summed E-state index contributed by atoms with van der Waals surface area (Å²) in [6.45, 7) is 3.16. The second-order valence-electron chi connectivity index (χ2n) is 8.15. The fourth-order valence-corrected chi connectivity index (χ4v) is 5.43. The van der Waals surface area contributed by atoms with E-state index in [9.17, 15) is 23.4 Å². The van der Waals surface area contributed by atoms with E-state index in [0.717, 1.165) is 21.5 Å². The molecule has 0 radical (unpaired) electrons. The molecule has 0 bridgehead atoms. The molecule has 3 aromatic rings. The lowest BCUT2D eigenvalue weighted by Gasteiger charge is -2.44. The Labute approximate surface area is 211 Å². The Morgan fingerprint density at radius 1 is 1.20 bits per heavy atom. The highest BCUT2D eigenvalue weighted by Crippen LogP contribution is 2.40. The van der Waals surface area contributed by atoms with Crippen molar-refractivity contribution < 1.29 is 32.9 Å². The molecule has 1 aliphatic rings. The van der Waals surface area contributed by atoms with Gasteiger partial charge in [-0.1, -0.05) is 17.0 Å². The zero-order valence-corrected chi connectivity index (χ0v) is 21.0. The lowest BCUT2D eigenvalue weighted by Crippen LogP contribution is -2.56. The Morgan fingerprint density at radius 2 is 1.91 bits per heavy atom. The van der Waals surface area contributed by atoms with Gasteiger partial charge in [-0.25, -0.2) is 17.9 Å². The molecule has 1 saturated heterocycles. The Kier molecular flexibility index (Phi) is 8.13. The number of ether oxygens (including phenoxy) is 2. The molecule has 2 N–H and O–H groups in total. The van der Waals surface area contributed by atoms with Crippen molar-refractivity contribution >= 4 is 27.7 Å². The summed E-state index contributed by atoms with van der Waals surface area (Å²) in [6.07, 6.45) is 1.39. The summed E-state index contributed by atoms with van der Waals surface area (Å²) in [4.78, 5) is 4.90. The first-order valence-corrected chi connectivity index (χ1v) is 12.3. The first kappa shape index (κ1) is 26.0. The molecule has 0 spiro atoms. The van der Waals surface area contributed by atoms with Gasteiger partial charge in [-0.3, -0.25) is 4.98 Å². The largest absolute Gasteiger partial charge is 0.394 e. The summed E-state index contributed by atoms with van der Waals surface area (Å²) in [5, 5.41) is 28.9. The average Bonchev–Trinajstić information content (AvgIpc) is 3.28. The third-order valence-corrected chi connectivity index (χ3v) is 6.82. The Bertz CT molecular complexity index is 1160. The van der Waals surface area contributed by atoms with Crippen LogP contribution in [0.25, 0.3) is 11.3 Å². The van der Waals surface area contributed by atoms with Crippen LogP contribution in [0.15, 0.2) is 46.2 Å². The van der Waals surface area contributed by atoms with E-state index in [-0.39, 0.29) is 17.4 Å². The van der Waals surface area contributed by atoms with Gasteiger partial charge in [-0.2, -0.15) is 0 Å². The highest BCUT2D eigenvalue weighted by atomic mass is 79.9. The summed E-state index contributed by atoms with van der Waals surface area (Å²) in [7, 11) is 0. The minimum Gasteiger partial charge on any atom is -0.394 e. The van der Waals surface area contributed by atoms with Crippen molar-refractivity contribution in [1.29, 1.82) is 0 Å². The van der Waals surface area contributed by atoms with Gasteiger partial charge in [-0.15, -0.1) is 5.10 Å². The smallest absolute Gasteiger partial charge is 0.194 e. The molecule has 0 unspecified atom stereocenters. The van der Waals surface area contributed by atoms with E-state index < -0.39 is 53.8 Å². The van der Waals surface area contributed by atoms with Gasteiger partial charge in [0.1, 0.15) is 35.5 Å². The number of benzene rings is 1. The van der Waals surface area contributed by atoms with Crippen LogP contribution in [0.5, 0.6) is 0 Å². The SMILES string of the molecule is CC(C)O[C@@H]1[C@@H](n2cc(-c3cc(F)c(F)c(F)c3)nn2)[C@@H](O)[C@@H](CO)O[C@@H]1Sc1cncc(Br)c1. The standard InChI is InChI=1S/C22H22BrF3N4O4S/c1-10(2)33-21-19(30-8-16(28-29-30)11-3-14(24)18(26)15(25)4-11)20(32)17(9-31)34-22(21)35-13-5-12(23)6-27-7-13/h3-8,10,17,19-22,31-32H,9H2,1-2H3/t17-,19+,20+,21-,22-/m1/s1. The molecule has 5 atom stereocenters. The maximum absolute atomic E-state index is 13.8. The van der Waals surface area contributed by atoms with Crippen molar-refractivity contribution in [2.24, 2.45) is 0 Å². The lowest BCUT2D eigenvalue weighted by molar-refractivity contribution is -0.201. The van der Waals surface area contributed by atoms with E-state index in [1.807, 2.05) is 19.9 Å². The molecule has 3 heterocycles. The van der Waals surface area contributed by atoms with Gasteiger partial charge >= 0.3 is 0 Å². The fourth-order valence-electron chi connectivity index (χ4n) is 3.77. The van der Waals surface area contributed by atoms with Crippen molar-refractivity contribution in [3.8, 4) is 11.3 Å². The highest BCUT2D eigenvalue weighted by Gasteiger charge is 2.48. The van der Waals surface area contributed by atoms with Gasteiger partial charge in [0.05, 0.1) is 18.9 Å². The van der Waals surface area contributed by atoms with E-state index in [1.54, 1.807) is 12.4 Å². The van der Waals surface area contributed by atoms with Gasteiger partial charge in [0, 0.05) is 27.3 Å². The van der Waals surface area contributed by atoms with Crippen LogP contribution in [0, 0.1) is 17.5 Å². The second-order valence-corrected chi connectivity index (χ2v) is 10.2. The summed E-state index contributed by atoms with van der Waals surface area (Å²) >= 11 is 4.67. The van der Waals surface area contributed by atoms with Crippen LogP contribution in [0.3, 0.4) is 0 Å². The molecule has 0 saturated carbocycles. The molecule has 188 valence electrons. The fraction of sp³-hybridized carbons (Fsp3) is 0.409. The monoisotopic (exact) mass is 574 g/mol. The maximum atomic E-state index is 13.8. The van der Waals surface area contributed by atoms with Crippen molar-refractivity contribution in [3.63, 3.8) is 0 Å². The van der Waals surface area contributed by atoms with Crippen LogP contribution >= 0.6 is 27.7 Å². The quantitative estimate of drug-likeness (QED) is 0.412. The molecule has 4 rings (SSSR count). The summed E-state index contributed by atoms with van der Waals surface area (Å²) in [5.74, 6) is -4.30. The molecule has 0 amide bonds. The zero-order chi connectivity index (χ0) is 25.3. The Morgan fingerprint density at radius 3 is 2.54 bits per heavy atom. The van der Waals surface area contributed by atoms with Crippen LogP contribution in [0.4, 0.5) is 13.2 Å². The van der Waals surface area contributed by atoms with E-state index in [2.05, 4.69) is 31.2 Å². The predicted molar refractivity (Wildman–Crippen MR) is 124 cm³/mol. The van der Waals surface area contributed by atoms with Gasteiger partial charge < -0.3 is 19.7 Å². The van der Waals surface area contributed by atoms with E-state index >= 15 is 0 Å². The van der Waals surface area contributed by atoms with Gasteiger partial charge in [0.2, 0.25) is 0 Å². The van der Waals surface area contributed by atoms with Crippen LogP contribution in [0.1, 0.15) is 19.9 Å². The number of halogens is 4. The van der Waals surface area contributed by atoms with Gasteiger partial charge in [0.25, 0.3) is 0 Å². The number of aromatic nitrogens is 4. The molecule has 1 aliphatic heterocycles. The van der Waals surface area contributed by atoms with E-state index in [4.69, 9.17) is 9.47 Å². The van der Waals surface area contributed by atoms with Gasteiger partial charge in [-0.05, 0) is 48.0 Å². The zero-order valence-electron chi connectivity index (χ0n) is 18.6. The third kappa shape index (κ3) is 5.70. The third-order valence-electron chi connectivity index (χ3n) is 5.28. The molecule has 35 heavy (non-hydrogen) atoms. The molecule has 1 fully saturated rings. The molecule has 2 aromatic heterocycles. The molecule has 8 nitrogen and oxygen atoms in total. The van der Waals surface area contributed by atoms with Crippen molar-refractivity contribution in [3.05, 3.63) is 58.7 Å². The number of thioether (sulfide) groups is 1. The Hall–Kier alpha value is -2.03. The summed E-state index contributed by atoms with van der Waals surface area (Å²) in [5.41, 5.74) is -0.654. The number of nitrogens with zero attached hydrogens (tertiary/aromatic N) is 4. The van der Waals surface area contributed by atoms with Crippen molar-refractivity contribution in [2.75, 3.05) is 6.61 Å². The topological polar surface area (TPSA) is 103 Å². The Balaban J connectivity index is 1.71. The summed E-state index contributed by atoms with van der Waals surface area (Å²) < 4.78 is 55.1. The number of rotatable bonds is 7. The predicted octanol–water partition coefficient (Wildman–Crippen LogP) is 3.73. The average molecular weight is 575 g/mol. The highest BCUT2D eigenvalue weighted by molar-refractivity contribution is 9.10. The van der Waals surface area contributed by atoms with Gasteiger partial charge in [0.15, 0.2) is 17.5 Å². The van der Waals surface area contributed by atoms with Crippen molar-refractivity contribution in [2.45, 2.75) is 54.6 Å². The van der Waals surface area contributed by atoms with Crippen LogP contribution < -0.4 is 0 Å². The lowest BCUT2D eigenvalue weighted by atomic mass is 9.97. The van der Waals surface area contributed by atoms with E-state index in [1.165, 1.54) is 22.6 Å². The minimum atomic E-state index is -1.58. The normalized spacial score (nSPS) is 24.8. The summed E-state index contributed by atoms with van der Waals surface area (Å²) in [6, 6.07) is 2.58. The molecule has 1 aromatic carbocycles. The van der Waals surface area contributed by atoms with Crippen molar-refractivity contribution in [1.82, 2.24) is 20.0 Å². The molecular weight excluding hydrogens is 553 g/mol. The van der Waals surface area contributed by atoms with Crippen LogP contribution in [-0.2, 0) is 9.47 Å². The van der Waals surface area contributed by atoms with Crippen LogP contribution in [0.2, 0.25) is 0 Å². The number of hydrogen-bond acceptors (Lipinski definition) is 8. The number of aliphatic hydroxyl groups excluding tert-OH is 2. The minimum absolute atomic E-state index is 0.0274. The number of hydrogen-bond donors (Lipinski definition) is 2. The number of pyridine rings is 1. The first-order valence-electron chi connectivity index (χ1n) is 10.6.